The highest BCUT2D eigenvalue weighted by molar-refractivity contribution is 7.92. The Bertz CT molecular complexity index is 1340. The molecular formula is C27H29ClN4O4S. The number of benzene rings is 2. The molecule has 1 aliphatic rings. The van der Waals surface area contributed by atoms with Crippen molar-refractivity contribution in [2.75, 3.05) is 18.4 Å². The smallest absolute Gasteiger partial charge is 0.319 e. The monoisotopic (exact) mass is 540 g/mol. The van der Waals surface area contributed by atoms with E-state index in [2.05, 4.69) is 22.2 Å². The van der Waals surface area contributed by atoms with Crippen LogP contribution in [0.1, 0.15) is 24.0 Å². The van der Waals surface area contributed by atoms with Gasteiger partial charge in [0.25, 0.3) is 0 Å². The molecule has 1 atom stereocenters. The number of rotatable bonds is 8. The second kappa shape index (κ2) is 11.4. The Kier molecular flexibility index (Phi) is 8.29. The molecule has 194 valence electrons. The van der Waals surface area contributed by atoms with E-state index in [0.717, 1.165) is 11.1 Å². The summed E-state index contributed by atoms with van der Waals surface area (Å²) >= 11 is 6.09. The number of nitrogens with one attached hydrogen (secondary N) is 2. The lowest BCUT2D eigenvalue weighted by Gasteiger charge is -2.41. The third-order valence-electron chi connectivity index (χ3n) is 6.48. The highest BCUT2D eigenvalue weighted by Gasteiger charge is 2.39. The van der Waals surface area contributed by atoms with Gasteiger partial charge in [-0.1, -0.05) is 35.9 Å². The molecule has 0 aliphatic carbocycles. The fourth-order valence-electron chi connectivity index (χ4n) is 4.41. The first-order valence-electron chi connectivity index (χ1n) is 11.8. The zero-order valence-electron chi connectivity index (χ0n) is 20.2. The van der Waals surface area contributed by atoms with Gasteiger partial charge in [-0.25, -0.2) is 13.2 Å². The SMILES string of the molecule is C=CC(N1CCC(O)(c2cccc(Cl)c2)CC1)S(=O)(=O)c1ccc(NC(=O)NCc2cccnc2)cc1. The van der Waals surface area contributed by atoms with Crippen LogP contribution in [0, 0.1) is 0 Å². The molecule has 4 rings (SSSR count). The van der Waals surface area contributed by atoms with Crippen LogP contribution in [0.4, 0.5) is 10.5 Å². The van der Waals surface area contributed by atoms with Crippen molar-refractivity contribution in [2.24, 2.45) is 0 Å². The molecule has 3 aromatic rings. The summed E-state index contributed by atoms with van der Waals surface area (Å²) in [6, 6.07) is 16.4. The van der Waals surface area contributed by atoms with Crippen LogP contribution in [-0.2, 0) is 22.0 Å². The fraction of sp³-hybridized carbons (Fsp3) is 0.259. The molecule has 8 nitrogen and oxygen atoms in total. The van der Waals surface area contributed by atoms with E-state index in [0.29, 0.717) is 43.2 Å². The standard InChI is InChI=1S/C27H29ClN4O4S/c1-2-25(32-15-12-27(34,13-16-32)21-6-3-7-22(28)17-21)37(35,36)24-10-8-23(9-11-24)31-26(33)30-19-20-5-4-14-29-18-20/h2-11,14,17-18,25,34H,1,12-13,15-16,19H2,(H2,30,31,33). The number of aliphatic hydroxyl groups is 1. The molecule has 37 heavy (non-hydrogen) atoms. The Balaban J connectivity index is 1.38. The maximum absolute atomic E-state index is 13.4. The summed E-state index contributed by atoms with van der Waals surface area (Å²) in [6.45, 7) is 4.82. The maximum Gasteiger partial charge on any atom is 0.319 e. The summed E-state index contributed by atoms with van der Waals surface area (Å²) in [5.41, 5.74) is 0.979. The van der Waals surface area contributed by atoms with Gasteiger partial charge in [-0.2, -0.15) is 0 Å². The van der Waals surface area contributed by atoms with Gasteiger partial charge in [0.2, 0.25) is 0 Å². The topological polar surface area (TPSA) is 112 Å². The number of likely N-dealkylation sites (tertiary alicyclic amines) is 1. The Morgan fingerprint density at radius 3 is 2.51 bits per heavy atom. The van der Waals surface area contributed by atoms with Crippen molar-refractivity contribution in [3.63, 3.8) is 0 Å². The summed E-state index contributed by atoms with van der Waals surface area (Å²) < 4.78 is 26.9. The Morgan fingerprint density at radius 1 is 1.16 bits per heavy atom. The highest BCUT2D eigenvalue weighted by atomic mass is 35.5. The van der Waals surface area contributed by atoms with Crippen molar-refractivity contribution < 1.29 is 18.3 Å². The molecule has 1 unspecified atom stereocenters. The molecule has 10 heteroatoms. The molecule has 0 saturated carbocycles. The summed E-state index contributed by atoms with van der Waals surface area (Å²) in [4.78, 5) is 18.1. The lowest BCUT2D eigenvalue weighted by atomic mass is 9.84. The minimum atomic E-state index is -3.78. The zero-order valence-corrected chi connectivity index (χ0v) is 21.8. The van der Waals surface area contributed by atoms with Crippen molar-refractivity contribution in [3.05, 3.63) is 102 Å². The van der Waals surface area contributed by atoms with E-state index in [-0.39, 0.29) is 4.90 Å². The molecule has 1 aromatic heterocycles. The summed E-state index contributed by atoms with van der Waals surface area (Å²) in [7, 11) is -3.78. The average Bonchev–Trinajstić information content (AvgIpc) is 2.90. The molecule has 1 aliphatic heterocycles. The van der Waals surface area contributed by atoms with E-state index < -0.39 is 26.8 Å². The minimum absolute atomic E-state index is 0.120. The number of carbonyl (C=O) groups is 1. The first-order chi connectivity index (χ1) is 17.7. The van der Waals surface area contributed by atoms with Gasteiger partial charge < -0.3 is 15.7 Å². The van der Waals surface area contributed by atoms with Gasteiger partial charge in [0, 0.05) is 42.7 Å². The summed E-state index contributed by atoms with van der Waals surface area (Å²) in [5, 5.41) is 16.2. The molecule has 3 N–H and O–H groups in total. The number of pyridine rings is 1. The predicted octanol–water partition coefficient (Wildman–Crippen LogP) is 4.33. The van der Waals surface area contributed by atoms with Crippen LogP contribution >= 0.6 is 11.6 Å². The van der Waals surface area contributed by atoms with Crippen LogP contribution in [0.3, 0.4) is 0 Å². The summed E-state index contributed by atoms with van der Waals surface area (Å²) in [6.07, 6.45) is 5.46. The normalized spacial score (nSPS) is 16.5. The van der Waals surface area contributed by atoms with Gasteiger partial charge >= 0.3 is 6.03 Å². The fourth-order valence-corrected chi connectivity index (χ4v) is 6.26. The number of anilines is 1. The van der Waals surface area contributed by atoms with E-state index in [1.165, 1.54) is 18.2 Å². The first kappa shape index (κ1) is 26.8. The van der Waals surface area contributed by atoms with Gasteiger partial charge in [0.1, 0.15) is 5.37 Å². The second-order valence-electron chi connectivity index (χ2n) is 8.94. The lowest BCUT2D eigenvalue weighted by Crippen LogP contribution is -2.48. The first-order valence-corrected chi connectivity index (χ1v) is 13.8. The average molecular weight is 541 g/mol. The highest BCUT2D eigenvalue weighted by Crippen LogP contribution is 2.35. The number of carbonyl (C=O) groups excluding carboxylic acids is 1. The molecule has 0 radical (unpaired) electrons. The van der Waals surface area contributed by atoms with Crippen LogP contribution in [0.25, 0.3) is 0 Å². The number of urea groups is 1. The quantitative estimate of drug-likeness (QED) is 0.367. The third-order valence-corrected chi connectivity index (χ3v) is 8.77. The maximum atomic E-state index is 13.4. The Labute approximate surface area is 221 Å². The summed E-state index contributed by atoms with van der Waals surface area (Å²) in [5.74, 6) is 0. The van der Waals surface area contributed by atoms with Crippen molar-refractivity contribution in [3.8, 4) is 0 Å². The number of hydrogen-bond donors (Lipinski definition) is 3. The minimum Gasteiger partial charge on any atom is -0.385 e. The molecular weight excluding hydrogens is 512 g/mol. The predicted molar refractivity (Wildman–Crippen MR) is 144 cm³/mol. The van der Waals surface area contributed by atoms with Crippen LogP contribution in [-0.4, -0.2) is 47.9 Å². The van der Waals surface area contributed by atoms with Gasteiger partial charge in [0.05, 0.1) is 10.5 Å². The van der Waals surface area contributed by atoms with Crippen LogP contribution in [0.5, 0.6) is 0 Å². The van der Waals surface area contributed by atoms with E-state index in [1.807, 2.05) is 12.1 Å². The number of amides is 2. The number of hydrogen-bond acceptors (Lipinski definition) is 6. The molecule has 0 bridgehead atoms. The van der Waals surface area contributed by atoms with E-state index in [9.17, 15) is 18.3 Å². The molecule has 1 saturated heterocycles. The van der Waals surface area contributed by atoms with Crippen LogP contribution in [0.15, 0.2) is 90.6 Å². The van der Waals surface area contributed by atoms with E-state index in [4.69, 9.17) is 11.6 Å². The lowest BCUT2D eigenvalue weighted by molar-refractivity contribution is -0.0261. The van der Waals surface area contributed by atoms with E-state index >= 15 is 0 Å². The van der Waals surface area contributed by atoms with Crippen LogP contribution in [0.2, 0.25) is 5.02 Å². The Morgan fingerprint density at radius 2 is 1.89 bits per heavy atom. The molecule has 2 amide bonds. The number of sulfone groups is 1. The van der Waals surface area contributed by atoms with E-state index in [1.54, 1.807) is 53.7 Å². The molecule has 2 heterocycles. The van der Waals surface area contributed by atoms with Gasteiger partial charge in [-0.3, -0.25) is 9.88 Å². The molecule has 2 aromatic carbocycles. The number of aromatic nitrogens is 1. The number of piperidine rings is 1. The largest absolute Gasteiger partial charge is 0.385 e. The molecule has 1 fully saturated rings. The van der Waals surface area contributed by atoms with Crippen molar-refractivity contribution in [2.45, 2.75) is 35.3 Å². The van der Waals surface area contributed by atoms with Crippen LogP contribution < -0.4 is 10.6 Å². The van der Waals surface area contributed by atoms with Crippen molar-refractivity contribution in [1.82, 2.24) is 15.2 Å². The third kappa shape index (κ3) is 6.37. The van der Waals surface area contributed by atoms with Crippen molar-refractivity contribution in [1.29, 1.82) is 0 Å². The van der Waals surface area contributed by atoms with Gasteiger partial charge in [0.15, 0.2) is 9.84 Å². The van der Waals surface area contributed by atoms with Gasteiger partial charge in [-0.15, -0.1) is 6.58 Å². The van der Waals surface area contributed by atoms with Gasteiger partial charge in [-0.05, 0) is 66.4 Å². The van der Waals surface area contributed by atoms with Crippen molar-refractivity contribution >= 4 is 33.2 Å². The zero-order chi connectivity index (χ0) is 26.5. The number of nitrogens with zero attached hydrogens (tertiary/aromatic N) is 2. The Hall–Kier alpha value is -3.24. The molecule has 0 spiro atoms. The number of halogens is 1. The second-order valence-corrected chi connectivity index (χ2v) is 11.4.